The van der Waals surface area contributed by atoms with E-state index in [1.165, 1.54) is 0 Å². The standard InChI is InChI=1S/C11H21NO4/c1-2-3-4-15-5-6-16-11(14)10-7-9(13)8-12-10/h9-10,12-13H,2-8H2,1H3/t9-,10-/m0/s1. The van der Waals surface area contributed by atoms with Gasteiger partial charge >= 0.3 is 5.97 Å². The van der Waals surface area contributed by atoms with Crippen LogP contribution >= 0.6 is 0 Å². The van der Waals surface area contributed by atoms with Gasteiger partial charge in [0.1, 0.15) is 12.6 Å². The number of nitrogens with one attached hydrogen (secondary N) is 1. The lowest BCUT2D eigenvalue weighted by Crippen LogP contribution is -2.33. The molecule has 0 spiro atoms. The van der Waals surface area contributed by atoms with Crippen molar-refractivity contribution < 1.29 is 19.4 Å². The summed E-state index contributed by atoms with van der Waals surface area (Å²) in [5, 5.41) is 12.1. The highest BCUT2D eigenvalue weighted by atomic mass is 16.6. The van der Waals surface area contributed by atoms with Crippen LogP contribution in [0.15, 0.2) is 0 Å². The maximum absolute atomic E-state index is 11.4. The molecule has 0 saturated carbocycles. The fourth-order valence-electron chi connectivity index (χ4n) is 1.55. The van der Waals surface area contributed by atoms with Gasteiger partial charge in [-0.1, -0.05) is 13.3 Å². The van der Waals surface area contributed by atoms with Crippen LogP contribution in [-0.4, -0.2) is 49.6 Å². The Balaban J connectivity index is 1.98. The summed E-state index contributed by atoms with van der Waals surface area (Å²) in [6, 6.07) is -0.356. The molecule has 2 atom stereocenters. The van der Waals surface area contributed by atoms with Crippen LogP contribution in [0.4, 0.5) is 0 Å². The van der Waals surface area contributed by atoms with Crippen molar-refractivity contribution in [1.29, 1.82) is 0 Å². The molecule has 16 heavy (non-hydrogen) atoms. The van der Waals surface area contributed by atoms with Crippen molar-refractivity contribution in [2.75, 3.05) is 26.4 Å². The van der Waals surface area contributed by atoms with Gasteiger partial charge in [0, 0.05) is 19.6 Å². The van der Waals surface area contributed by atoms with E-state index in [0.717, 1.165) is 12.8 Å². The highest BCUT2D eigenvalue weighted by Crippen LogP contribution is 2.07. The molecule has 0 radical (unpaired) electrons. The minimum atomic E-state index is -0.432. The first-order valence-electron chi connectivity index (χ1n) is 5.90. The van der Waals surface area contributed by atoms with Gasteiger partial charge in [0.05, 0.1) is 12.7 Å². The fourth-order valence-corrected chi connectivity index (χ4v) is 1.55. The lowest BCUT2D eigenvalue weighted by Gasteiger charge is -2.10. The number of unbranched alkanes of at least 4 members (excludes halogenated alkanes) is 1. The zero-order valence-corrected chi connectivity index (χ0v) is 9.78. The molecule has 0 aromatic rings. The van der Waals surface area contributed by atoms with Crippen LogP contribution in [0, 0.1) is 0 Å². The maximum Gasteiger partial charge on any atom is 0.323 e. The van der Waals surface area contributed by atoms with Crippen molar-refractivity contribution in [3.05, 3.63) is 0 Å². The summed E-state index contributed by atoms with van der Waals surface area (Å²) in [4.78, 5) is 11.4. The topological polar surface area (TPSA) is 67.8 Å². The van der Waals surface area contributed by atoms with Crippen LogP contribution in [0.1, 0.15) is 26.2 Å². The van der Waals surface area contributed by atoms with Gasteiger partial charge in [-0.05, 0) is 6.42 Å². The van der Waals surface area contributed by atoms with Crippen molar-refractivity contribution in [3.63, 3.8) is 0 Å². The number of aliphatic hydroxyl groups excluding tert-OH is 1. The zero-order valence-electron chi connectivity index (χ0n) is 9.78. The van der Waals surface area contributed by atoms with Crippen molar-refractivity contribution in [2.45, 2.75) is 38.3 Å². The molecule has 0 amide bonds. The maximum atomic E-state index is 11.4. The molecule has 0 aliphatic carbocycles. The molecular weight excluding hydrogens is 210 g/mol. The van der Waals surface area contributed by atoms with E-state index < -0.39 is 6.10 Å². The third kappa shape index (κ3) is 4.92. The molecule has 5 nitrogen and oxygen atoms in total. The van der Waals surface area contributed by atoms with Crippen molar-refractivity contribution in [2.24, 2.45) is 0 Å². The van der Waals surface area contributed by atoms with E-state index in [-0.39, 0.29) is 18.6 Å². The normalized spacial score (nSPS) is 24.6. The van der Waals surface area contributed by atoms with Gasteiger partial charge in [-0.2, -0.15) is 0 Å². The van der Waals surface area contributed by atoms with Gasteiger partial charge in [0.25, 0.3) is 0 Å². The number of ether oxygens (including phenoxy) is 2. The average molecular weight is 231 g/mol. The number of β-amino-alcohol motifs (C(OH)–C–C–N with tert-alkyl or cyclic N) is 1. The number of rotatable bonds is 7. The highest BCUT2D eigenvalue weighted by Gasteiger charge is 2.28. The van der Waals surface area contributed by atoms with Crippen LogP contribution in [0.3, 0.4) is 0 Å². The van der Waals surface area contributed by atoms with E-state index in [4.69, 9.17) is 9.47 Å². The Kier molecular flexibility index (Phi) is 6.37. The first-order chi connectivity index (χ1) is 7.74. The van der Waals surface area contributed by atoms with Crippen LogP contribution in [0.2, 0.25) is 0 Å². The van der Waals surface area contributed by atoms with E-state index in [9.17, 15) is 9.90 Å². The van der Waals surface area contributed by atoms with Crippen LogP contribution < -0.4 is 5.32 Å². The fraction of sp³-hybridized carbons (Fsp3) is 0.909. The SMILES string of the molecule is CCCCOCCOC(=O)[C@@H]1C[C@H](O)CN1. The Hall–Kier alpha value is -0.650. The summed E-state index contributed by atoms with van der Waals surface area (Å²) in [5.41, 5.74) is 0. The Bertz CT molecular complexity index is 210. The summed E-state index contributed by atoms with van der Waals surface area (Å²) < 4.78 is 10.3. The molecule has 0 aromatic carbocycles. The number of hydrogen-bond donors (Lipinski definition) is 2. The number of carbonyl (C=O) groups is 1. The molecule has 94 valence electrons. The molecule has 0 aromatic heterocycles. The molecule has 1 aliphatic rings. The van der Waals surface area contributed by atoms with Gasteiger partial charge < -0.3 is 19.9 Å². The van der Waals surface area contributed by atoms with Crippen molar-refractivity contribution >= 4 is 5.97 Å². The molecule has 1 saturated heterocycles. The van der Waals surface area contributed by atoms with E-state index in [0.29, 0.717) is 26.2 Å². The number of hydrogen-bond acceptors (Lipinski definition) is 5. The summed E-state index contributed by atoms with van der Waals surface area (Å²) in [6.45, 7) is 4.01. The molecule has 0 bridgehead atoms. The largest absolute Gasteiger partial charge is 0.462 e. The molecule has 5 heteroatoms. The van der Waals surface area contributed by atoms with E-state index in [1.807, 2.05) is 0 Å². The number of esters is 1. The Morgan fingerprint density at radius 3 is 2.88 bits per heavy atom. The molecule has 1 rings (SSSR count). The lowest BCUT2D eigenvalue weighted by atomic mass is 10.2. The van der Waals surface area contributed by atoms with Gasteiger partial charge in [0.15, 0.2) is 0 Å². The third-order valence-corrected chi connectivity index (χ3v) is 2.51. The van der Waals surface area contributed by atoms with E-state index >= 15 is 0 Å². The first kappa shape index (κ1) is 13.4. The van der Waals surface area contributed by atoms with E-state index in [1.54, 1.807) is 0 Å². The quantitative estimate of drug-likeness (QED) is 0.479. The smallest absolute Gasteiger partial charge is 0.323 e. The predicted molar refractivity (Wildman–Crippen MR) is 59.1 cm³/mol. The molecule has 1 aliphatic heterocycles. The minimum absolute atomic E-state index is 0.289. The summed E-state index contributed by atoms with van der Waals surface area (Å²) in [5.74, 6) is -0.296. The summed E-state index contributed by atoms with van der Waals surface area (Å²) in [7, 11) is 0. The zero-order chi connectivity index (χ0) is 11.8. The van der Waals surface area contributed by atoms with Gasteiger partial charge in [-0.15, -0.1) is 0 Å². The Labute approximate surface area is 96.1 Å². The molecular formula is C11H21NO4. The summed E-state index contributed by atoms with van der Waals surface area (Å²) >= 11 is 0. The monoisotopic (exact) mass is 231 g/mol. The second-order valence-electron chi connectivity index (χ2n) is 3.98. The van der Waals surface area contributed by atoms with Gasteiger partial charge in [-0.3, -0.25) is 4.79 Å². The second-order valence-corrected chi connectivity index (χ2v) is 3.98. The molecule has 0 unspecified atom stereocenters. The van der Waals surface area contributed by atoms with Crippen molar-refractivity contribution in [1.82, 2.24) is 5.32 Å². The Morgan fingerprint density at radius 2 is 2.25 bits per heavy atom. The molecule has 1 fully saturated rings. The van der Waals surface area contributed by atoms with E-state index in [2.05, 4.69) is 12.2 Å². The van der Waals surface area contributed by atoms with Crippen LogP contribution in [0.25, 0.3) is 0 Å². The van der Waals surface area contributed by atoms with Crippen LogP contribution in [-0.2, 0) is 14.3 Å². The summed E-state index contributed by atoms with van der Waals surface area (Å²) in [6.07, 6.45) is 2.14. The average Bonchev–Trinajstić information content (AvgIpc) is 2.70. The van der Waals surface area contributed by atoms with Crippen LogP contribution in [0.5, 0.6) is 0 Å². The van der Waals surface area contributed by atoms with Gasteiger partial charge in [-0.25, -0.2) is 0 Å². The number of carbonyl (C=O) groups excluding carboxylic acids is 1. The minimum Gasteiger partial charge on any atom is -0.462 e. The molecule has 2 N–H and O–H groups in total. The van der Waals surface area contributed by atoms with Crippen molar-refractivity contribution in [3.8, 4) is 0 Å². The lowest BCUT2D eigenvalue weighted by molar-refractivity contribution is -0.147. The second kappa shape index (κ2) is 7.60. The first-order valence-corrected chi connectivity index (χ1v) is 5.90. The molecule has 1 heterocycles. The Morgan fingerprint density at radius 1 is 1.44 bits per heavy atom. The third-order valence-electron chi connectivity index (χ3n) is 2.51. The number of aliphatic hydroxyl groups is 1. The highest BCUT2D eigenvalue weighted by molar-refractivity contribution is 5.76. The predicted octanol–water partition coefficient (Wildman–Crippen LogP) is 0.0691. The van der Waals surface area contributed by atoms with Gasteiger partial charge in [0.2, 0.25) is 0 Å².